The highest BCUT2D eigenvalue weighted by Gasteiger charge is 2.46. The number of hydrogen-bond acceptors (Lipinski definition) is 1. The number of rotatable bonds is 4. The molecule has 0 radical (unpaired) electrons. The molecule has 1 heteroatoms. The van der Waals surface area contributed by atoms with Gasteiger partial charge in [-0.05, 0) is 49.5 Å². The third kappa shape index (κ3) is 1.90. The lowest BCUT2D eigenvalue weighted by Crippen LogP contribution is -2.11. The van der Waals surface area contributed by atoms with Crippen LogP contribution in [-0.4, -0.2) is 6.72 Å². The van der Waals surface area contributed by atoms with Crippen LogP contribution in [0.2, 0.25) is 0 Å². The molecule has 0 bridgehead atoms. The van der Waals surface area contributed by atoms with Crippen molar-refractivity contribution in [2.75, 3.05) is 0 Å². The molecule has 0 N–H and O–H groups in total. The molecule has 0 amide bonds. The second-order valence-corrected chi connectivity index (χ2v) is 4.05. The number of aliphatic imine (C=N–C) groups is 1. The fraction of sp³-hybridized carbons (Fsp3) is 0.583. The summed E-state index contributed by atoms with van der Waals surface area (Å²) in [6.45, 7) is 10.1. The fourth-order valence-electron chi connectivity index (χ4n) is 2.02. The maximum absolute atomic E-state index is 3.75. The highest BCUT2D eigenvalue weighted by atomic mass is 14.6. The first-order valence-corrected chi connectivity index (χ1v) is 4.96. The molecule has 0 spiro atoms. The first-order chi connectivity index (χ1) is 6.17. The number of hydrogen-bond donors (Lipinski definition) is 0. The quantitative estimate of drug-likeness (QED) is 0.459. The molecule has 0 unspecified atom stereocenters. The van der Waals surface area contributed by atoms with Crippen LogP contribution in [-0.2, 0) is 0 Å². The van der Waals surface area contributed by atoms with Crippen molar-refractivity contribution in [2.45, 2.75) is 33.6 Å². The summed E-state index contributed by atoms with van der Waals surface area (Å²) in [4.78, 5) is 3.75. The highest BCUT2D eigenvalue weighted by Crippen LogP contribution is 2.57. The minimum atomic E-state index is 0.454. The van der Waals surface area contributed by atoms with Gasteiger partial charge in [0.1, 0.15) is 0 Å². The lowest BCUT2D eigenvalue weighted by atomic mass is 9.84. The van der Waals surface area contributed by atoms with Crippen molar-refractivity contribution in [3.63, 3.8) is 0 Å². The fourth-order valence-corrected chi connectivity index (χ4v) is 2.02. The Morgan fingerprint density at radius 2 is 2.08 bits per heavy atom. The molecule has 1 aliphatic rings. The lowest BCUT2D eigenvalue weighted by Gasteiger charge is -2.20. The van der Waals surface area contributed by atoms with Gasteiger partial charge >= 0.3 is 0 Å². The average molecular weight is 177 g/mol. The average Bonchev–Trinajstić information content (AvgIpc) is 2.87. The molecule has 0 atom stereocenters. The molecule has 0 aromatic rings. The van der Waals surface area contributed by atoms with Crippen molar-refractivity contribution < 1.29 is 0 Å². The predicted octanol–water partition coefficient (Wildman–Crippen LogP) is 3.58. The van der Waals surface area contributed by atoms with E-state index in [0.717, 1.165) is 5.92 Å². The molecule has 0 saturated heterocycles. The van der Waals surface area contributed by atoms with Gasteiger partial charge in [-0.25, -0.2) is 0 Å². The van der Waals surface area contributed by atoms with Gasteiger partial charge in [0.2, 0.25) is 0 Å². The number of nitrogens with zero attached hydrogens (tertiary/aromatic N) is 1. The van der Waals surface area contributed by atoms with Crippen LogP contribution in [0.4, 0.5) is 0 Å². The molecule has 1 nitrogen and oxygen atoms in total. The topological polar surface area (TPSA) is 12.4 Å². The monoisotopic (exact) mass is 177 g/mol. The van der Waals surface area contributed by atoms with Crippen molar-refractivity contribution in [3.05, 3.63) is 23.9 Å². The first kappa shape index (κ1) is 10.2. The van der Waals surface area contributed by atoms with Crippen LogP contribution in [0.5, 0.6) is 0 Å². The molecule has 0 heterocycles. The Kier molecular flexibility index (Phi) is 3.07. The number of allylic oxidation sites excluding steroid dienone is 3. The van der Waals surface area contributed by atoms with Gasteiger partial charge in [-0.15, -0.1) is 0 Å². The lowest BCUT2D eigenvalue weighted by molar-refractivity contribution is 0.430. The van der Waals surface area contributed by atoms with E-state index < -0.39 is 0 Å². The summed E-state index contributed by atoms with van der Waals surface area (Å²) >= 11 is 0. The molecule has 1 rings (SSSR count). The zero-order valence-corrected chi connectivity index (χ0v) is 8.88. The van der Waals surface area contributed by atoms with Crippen LogP contribution in [0.25, 0.3) is 0 Å². The van der Waals surface area contributed by atoms with E-state index in [1.807, 2.05) is 0 Å². The molecule has 0 aromatic heterocycles. The summed E-state index contributed by atoms with van der Waals surface area (Å²) in [5.74, 6) is 0.730. The largest absolute Gasteiger partial charge is 0.273 e. The zero-order chi connectivity index (χ0) is 9.90. The van der Waals surface area contributed by atoms with Crippen LogP contribution in [0.15, 0.2) is 28.9 Å². The molecule has 1 saturated carbocycles. The summed E-state index contributed by atoms with van der Waals surface area (Å²) in [6, 6.07) is 0. The van der Waals surface area contributed by atoms with Crippen LogP contribution in [0.1, 0.15) is 33.6 Å². The Labute approximate surface area is 81.3 Å². The molecule has 0 aliphatic heterocycles. The molecule has 13 heavy (non-hydrogen) atoms. The maximum Gasteiger partial charge on any atom is 0.0263 e. The van der Waals surface area contributed by atoms with Gasteiger partial charge in [0.15, 0.2) is 0 Å². The highest BCUT2D eigenvalue weighted by molar-refractivity contribution is 5.34. The van der Waals surface area contributed by atoms with Crippen molar-refractivity contribution >= 4 is 6.72 Å². The van der Waals surface area contributed by atoms with E-state index in [0.29, 0.717) is 5.41 Å². The Bertz CT molecular complexity index is 242. The summed E-state index contributed by atoms with van der Waals surface area (Å²) in [5, 5.41) is 0. The third-order valence-electron chi connectivity index (χ3n) is 3.14. The van der Waals surface area contributed by atoms with Crippen molar-refractivity contribution in [1.29, 1.82) is 0 Å². The third-order valence-corrected chi connectivity index (χ3v) is 3.14. The summed E-state index contributed by atoms with van der Waals surface area (Å²) in [5.41, 5.74) is 1.88. The normalized spacial score (nSPS) is 21.1. The molecule has 0 aromatic carbocycles. The second kappa shape index (κ2) is 3.91. The first-order valence-electron chi connectivity index (χ1n) is 4.96. The Morgan fingerprint density at radius 1 is 1.46 bits per heavy atom. The van der Waals surface area contributed by atoms with Gasteiger partial charge in [0.25, 0.3) is 0 Å². The van der Waals surface area contributed by atoms with E-state index in [1.165, 1.54) is 18.4 Å². The van der Waals surface area contributed by atoms with Crippen LogP contribution in [0, 0.1) is 11.3 Å². The van der Waals surface area contributed by atoms with E-state index in [9.17, 15) is 0 Å². The van der Waals surface area contributed by atoms with E-state index in [-0.39, 0.29) is 0 Å². The molecular weight excluding hydrogens is 158 g/mol. The standard InChI is InChI=1S/C12H19N/c1-5-11(6-9-13-4)12(7-8-12)10(2)3/h5-6,9-10H,4,7-8H2,1-3H3/b9-6-,11-5+. The molecular formula is C12H19N. The molecule has 1 aliphatic carbocycles. The van der Waals surface area contributed by atoms with E-state index in [4.69, 9.17) is 0 Å². The van der Waals surface area contributed by atoms with Crippen LogP contribution in [0.3, 0.4) is 0 Å². The Hall–Kier alpha value is -0.850. The van der Waals surface area contributed by atoms with Crippen molar-refractivity contribution in [1.82, 2.24) is 0 Å². The molecule has 1 fully saturated rings. The van der Waals surface area contributed by atoms with Crippen LogP contribution >= 0.6 is 0 Å². The van der Waals surface area contributed by atoms with Crippen molar-refractivity contribution in [2.24, 2.45) is 16.3 Å². The van der Waals surface area contributed by atoms with Crippen molar-refractivity contribution in [3.8, 4) is 0 Å². The maximum atomic E-state index is 3.75. The van der Waals surface area contributed by atoms with Gasteiger partial charge in [-0.1, -0.05) is 19.9 Å². The second-order valence-electron chi connectivity index (χ2n) is 4.05. The smallest absolute Gasteiger partial charge is 0.0263 e. The Morgan fingerprint density at radius 3 is 2.38 bits per heavy atom. The summed E-state index contributed by atoms with van der Waals surface area (Å²) in [6.07, 6.45) is 8.74. The zero-order valence-electron chi connectivity index (χ0n) is 8.88. The minimum Gasteiger partial charge on any atom is -0.273 e. The molecule has 72 valence electrons. The van der Waals surface area contributed by atoms with Gasteiger partial charge in [0.05, 0.1) is 0 Å². The van der Waals surface area contributed by atoms with Crippen LogP contribution < -0.4 is 0 Å². The van der Waals surface area contributed by atoms with Gasteiger partial charge in [-0.3, -0.25) is 4.99 Å². The predicted molar refractivity (Wildman–Crippen MR) is 59.0 cm³/mol. The van der Waals surface area contributed by atoms with E-state index >= 15 is 0 Å². The van der Waals surface area contributed by atoms with Gasteiger partial charge in [-0.2, -0.15) is 0 Å². The minimum absolute atomic E-state index is 0.454. The summed E-state index contributed by atoms with van der Waals surface area (Å²) < 4.78 is 0. The SMILES string of the molecule is C=N/C=C\C(=C/C)C1(C(C)C)CC1. The summed E-state index contributed by atoms with van der Waals surface area (Å²) in [7, 11) is 0. The van der Waals surface area contributed by atoms with Gasteiger partial charge < -0.3 is 0 Å². The van der Waals surface area contributed by atoms with E-state index in [2.05, 4.69) is 44.6 Å². The van der Waals surface area contributed by atoms with E-state index in [1.54, 1.807) is 6.20 Å². The Balaban J connectivity index is 2.79. The van der Waals surface area contributed by atoms with Gasteiger partial charge in [0, 0.05) is 6.20 Å².